The van der Waals surface area contributed by atoms with E-state index in [9.17, 15) is 0 Å². The van der Waals surface area contributed by atoms with Crippen LogP contribution in [0.2, 0.25) is 0 Å². The zero-order valence-electron chi connectivity index (χ0n) is 19.5. The van der Waals surface area contributed by atoms with E-state index >= 15 is 0 Å². The molecule has 1 aliphatic carbocycles. The molecular formula is C27H29N7. The molecule has 3 aliphatic rings. The molecule has 1 saturated heterocycles. The van der Waals surface area contributed by atoms with Crippen molar-refractivity contribution in [3.8, 4) is 11.4 Å². The minimum Gasteiger partial charge on any atom is -0.344 e. The topological polar surface area (TPSA) is 82.6 Å². The van der Waals surface area contributed by atoms with E-state index in [-0.39, 0.29) is 0 Å². The molecule has 6 heterocycles. The maximum absolute atomic E-state index is 5.32. The lowest BCUT2D eigenvalue weighted by Gasteiger charge is -2.40. The molecule has 4 aromatic rings. The summed E-state index contributed by atoms with van der Waals surface area (Å²) in [5, 5.41) is 5.97. The van der Waals surface area contributed by atoms with E-state index in [0.717, 1.165) is 65.4 Å². The lowest BCUT2D eigenvalue weighted by atomic mass is 9.79. The van der Waals surface area contributed by atoms with Crippen molar-refractivity contribution in [1.29, 1.82) is 0 Å². The van der Waals surface area contributed by atoms with Crippen molar-refractivity contribution in [2.75, 3.05) is 18.0 Å². The van der Waals surface area contributed by atoms with Crippen molar-refractivity contribution in [1.82, 2.24) is 30.2 Å². The quantitative estimate of drug-likeness (QED) is 0.457. The van der Waals surface area contributed by atoms with Gasteiger partial charge in [-0.25, -0.2) is 15.0 Å². The van der Waals surface area contributed by atoms with E-state index in [1.54, 1.807) is 0 Å². The van der Waals surface area contributed by atoms with Crippen LogP contribution in [0, 0.1) is 6.92 Å². The van der Waals surface area contributed by atoms with Gasteiger partial charge < -0.3 is 15.2 Å². The Bertz CT molecular complexity index is 1430. The van der Waals surface area contributed by atoms with E-state index in [2.05, 4.69) is 50.4 Å². The van der Waals surface area contributed by atoms with Gasteiger partial charge in [0.25, 0.3) is 0 Å². The SMILES string of the molecule is Cc1cc2c(-c3nc(N4CCCC5NCCC=C54)c4c(C5CCC5)cncc4n3)ccnc2[nH]1. The van der Waals surface area contributed by atoms with E-state index in [1.165, 1.54) is 42.3 Å². The van der Waals surface area contributed by atoms with Crippen LogP contribution in [-0.2, 0) is 0 Å². The molecule has 7 nitrogen and oxygen atoms in total. The van der Waals surface area contributed by atoms with Crippen LogP contribution in [0.3, 0.4) is 0 Å². The van der Waals surface area contributed by atoms with E-state index < -0.39 is 0 Å². The maximum atomic E-state index is 5.32. The van der Waals surface area contributed by atoms with Crippen molar-refractivity contribution in [2.45, 2.75) is 57.4 Å². The van der Waals surface area contributed by atoms with Crippen LogP contribution >= 0.6 is 0 Å². The largest absolute Gasteiger partial charge is 0.344 e. The average Bonchev–Trinajstić information content (AvgIpc) is 3.22. The molecular weight excluding hydrogens is 422 g/mol. The van der Waals surface area contributed by atoms with E-state index in [4.69, 9.17) is 9.97 Å². The zero-order valence-corrected chi connectivity index (χ0v) is 19.5. The van der Waals surface area contributed by atoms with Crippen LogP contribution < -0.4 is 10.2 Å². The molecule has 1 unspecified atom stereocenters. The normalized spacial score (nSPS) is 20.9. The minimum absolute atomic E-state index is 0.407. The van der Waals surface area contributed by atoms with Gasteiger partial charge >= 0.3 is 0 Å². The first-order valence-corrected chi connectivity index (χ1v) is 12.6. The van der Waals surface area contributed by atoms with Gasteiger partial charge in [0.15, 0.2) is 5.82 Å². The number of nitrogens with zero attached hydrogens (tertiary/aromatic N) is 5. The molecule has 7 rings (SSSR count). The van der Waals surface area contributed by atoms with E-state index in [1.807, 2.05) is 18.5 Å². The molecule has 2 N–H and O–H groups in total. The highest BCUT2D eigenvalue weighted by molar-refractivity contribution is 5.97. The van der Waals surface area contributed by atoms with Crippen LogP contribution in [0.25, 0.3) is 33.3 Å². The third kappa shape index (κ3) is 3.14. The molecule has 7 heteroatoms. The number of rotatable bonds is 3. The number of H-pyrrole nitrogens is 1. The van der Waals surface area contributed by atoms with Crippen LogP contribution in [0.15, 0.2) is 42.5 Å². The number of nitrogens with one attached hydrogen (secondary N) is 2. The monoisotopic (exact) mass is 451 g/mol. The number of hydrogen-bond donors (Lipinski definition) is 2. The third-order valence-corrected chi connectivity index (χ3v) is 7.76. The summed E-state index contributed by atoms with van der Waals surface area (Å²) < 4.78 is 0. The molecule has 1 atom stereocenters. The standard InChI is InChI=1S/C27H29N7/c1-16-13-19-18(9-11-30-25(19)31-16)26-32-22-15-28-14-20(17-5-2-6-17)24(22)27(33-26)34-12-4-7-21-23(34)8-3-10-29-21/h8-9,11,13-15,17,21,29H,2-7,10,12H2,1H3,(H,30,31). The van der Waals surface area contributed by atoms with Crippen LogP contribution in [-0.4, -0.2) is 44.1 Å². The Morgan fingerprint density at radius 2 is 2.03 bits per heavy atom. The second kappa shape index (κ2) is 7.87. The molecule has 0 radical (unpaired) electrons. The minimum atomic E-state index is 0.407. The zero-order chi connectivity index (χ0) is 22.6. The fraction of sp³-hybridized carbons (Fsp3) is 0.407. The number of hydrogen-bond acceptors (Lipinski definition) is 6. The summed E-state index contributed by atoms with van der Waals surface area (Å²) in [4.78, 5) is 25.4. The number of fused-ring (bicyclic) bond motifs is 3. The van der Waals surface area contributed by atoms with Gasteiger partial charge in [-0.1, -0.05) is 12.5 Å². The second-order valence-corrected chi connectivity index (χ2v) is 9.91. The Morgan fingerprint density at radius 1 is 1.09 bits per heavy atom. The molecule has 1 saturated carbocycles. The van der Waals surface area contributed by atoms with Gasteiger partial charge in [-0.05, 0) is 69.2 Å². The highest BCUT2D eigenvalue weighted by Gasteiger charge is 2.32. The van der Waals surface area contributed by atoms with Crippen molar-refractivity contribution in [2.24, 2.45) is 0 Å². The summed E-state index contributed by atoms with van der Waals surface area (Å²) >= 11 is 0. The summed E-state index contributed by atoms with van der Waals surface area (Å²) in [6.07, 6.45) is 15.4. The maximum Gasteiger partial charge on any atom is 0.163 e. The molecule has 0 amide bonds. The summed E-state index contributed by atoms with van der Waals surface area (Å²) in [6, 6.07) is 4.58. The fourth-order valence-electron chi connectivity index (χ4n) is 5.87. The first-order chi connectivity index (χ1) is 16.8. The summed E-state index contributed by atoms with van der Waals surface area (Å²) in [6.45, 7) is 4.09. The number of aryl methyl sites for hydroxylation is 1. The number of aromatic amines is 1. The lowest BCUT2D eigenvalue weighted by Crippen LogP contribution is -2.46. The predicted octanol–water partition coefficient (Wildman–Crippen LogP) is 4.99. The van der Waals surface area contributed by atoms with Gasteiger partial charge in [-0.2, -0.15) is 0 Å². The molecule has 0 aromatic carbocycles. The Kier molecular flexibility index (Phi) is 4.65. The van der Waals surface area contributed by atoms with Gasteiger partial charge in [0.2, 0.25) is 0 Å². The summed E-state index contributed by atoms with van der Waals surface area (Å²) in [5.41, 5.74) is 6.59. The van der Waals surface area contributed by atoms with E-state index in [0.29, 0.717) is 12.0 Å². The Labute approximate surface area is 198 Å². The van der Waals surface area contributed by atoms with Crippen LogP contribution in [0.1, 0.15) is 55.7 Å². The number of pyridine rings is 2. The van der Waals surface area contributed by atoms with Crippen molar-refractivity contribution in [3.05, 3.63) is 53.8 Å². The Hall–Kier alpha value is -3.32. The molecule has 0 spiro atoms. The average molecular weight is 452 g/mol. The number of aromatic nitrogens is 5. The van der Waals surface area contributed by atoms with Crippen LogP contribution in [0.5, 0.6) is 0 Å². The van der Waals surface area contributed by atoms with Gasteiger partial charge in [0.1, 0.15) is 11.5 Å². The highest BCUT2D eigenvalue weighted by atomic mass is 15.2. The first-order valence-electron chi connectivity index (χ1n) is 12.6. The summed E-state index contributed by atoms with van der Waals surface area (Å²) in [7, 11) is 0. The predicted molar refractivity (Wildman–Crippen MR) is 135 cm³/mol. The summed E-state index contributed by atoms with van der Waals surface area (Å²) in [5.74, 6) is 2.34. The number of piperidine rings is 1. The van der Waals surface area contributed by atoms with Gasteiger partial charge in [-0.15, -0.1) is 0 Å². The molecule has 4 aromatic heterocycles. The van der Waals surface area contributed by atoms with Crippen molar-refractivity contribution in [3.63, 3.8) is 0 Å². The van der Waals surface area contributed by atoms with Crippen LogP contribution in [0.4, 0.5) is 5.82 Å². The van der Waals surface area contributed by atoms with Gasteiger partial charge in [0, 0.05) is 52.7 Å². The first kappa shape index (κ1) is 20.1. The van der Waals surface area contributed by atoms with Crippen molar-refractivity contribution < 1.29 is 0 Å². The number of anilines is 1. The molecule has 172 valence electrons. The Balaban J connectivity index is 1.49. The molecule has 0 bridgehead atoms. The van der Waals surface area contributed by atoms with Crippen molar-refractivity contribution >= 4 is 27.8 Å². The van der Waals surface area contributed by atoms with Gasteiger partial charge in [0.05, 0.1) is 11.7 Å². The highest BCUT2D eigenvalue weighted by Crippen LogP contribution is 2.43. The Morgan fingerprint density at radius 3 is 2.91 bits per heavy atom. The molecule has 2 aliphatic heterocycles. The third-order valence-electron chi connectivity index (χ3n) is 7.76. The fourth-order valence-corrected chi connectivity index (χ4v) is 5.87. The second-order valence-electron chi connectivity index (χ2n) is 9.91. The molecule has 2 fully saturated rings. The van der Waals surface area contributed by atoms with Gasteiger partial charge in [-0.3, -0.25) is 4.98 Å². The lowest BCUT2D eigenvalue weighted by molar-refractivity contribution is 0.421. The smallest absolute Gasteiger partial charge is 0.163 e. The molecule has 34 heavy (non-hydrogen) atoms.